The Hall–Kier alpha value is -3.53. The van der Waals surface area contributed by atoms with Gasteiger partial charge in [-0.25, -0.2) is 5.43 Å². The summed E-state index contributed by atoms with van der Waals surface area (Å²) in [5, 5.41) is 14.7. The van der Waals surface area contributed by atoms with Crippen LogP contribution in [0.1, 0.15) is 11.1 Å². The minimum absolute atomic E-state index is 0.251. The van der Waals surface area contributed by atoms with E-state index in [9.17, 15) is 0 Å². The van der Waals surface area contributed by atoms with Crippen molar-refractivity contribution in [2.45, 2.75) is 6.92 Å². The standard InChI is InChI=1S/C18H20N8O2/c1-13-3-2-4-14(9-13)11-19-24-17-21-15(22-18-25-20-12-28-18)10-16(23-17)26-5-7-27-8-6-26/h2-4,9-12H,5-8H2,1H3,(H2,21,22,23,24,25)/b19-11+. The highest BCUT2D eigenvalue weighted by Gasteiger charge is 2.15. The highest BCUT2D eigenvalue weighted by molar-refractivity contribution is 5.80. The van der Waals surface area contributed by atoms with Gasteiger partial charge in [-0.05, 0) is 12.5 Å². The molecule has 3 aromatic rings. The van der Waals surface area contributed by atoms with E-state index in [1.54, 1.807) is 6.21 Å². The molecule has 2 N–H and O–H groups in total. The average molecular weight is 380 g/mol. The lowest BCUT2D eigenvalue weighted by atomic mass is 10.2. The Morgan fingerprint density at radius 2 is 2.07 bits per heavy atom. The first-order valence-corrected chi connectivity index (χ1v) is 8.87. The zero-order valence-electron chi connectivity index (χ0n) is 15.4. The molecule has 144 valence electrons. The number of rotatable bonds is 6. The molecule has 1 aliphatic rings. The van der Waals surface area contributed by atoms with Gasteiger partial charge in [-0.15, -0.1) is 5.10 Å². The van der Waals surface area contributed by atoms with E-state index < -0.39 is 0 Å². The summed E-state index contributed by atoms with van der Waals surface area (Å²) in [4.78, 5) is 11.1. The third-order valence-corrected chi connectivity index (χ3v) is 4.06. The van der Waals surface area contributed by atoms with Crippen LogP contribution in [0.5, 0.6) is 0 Å². The molecule has 28 heavy (non-hydrogen) atoms. The second kappa shape index (κ2) is 8.44. The van der Waals surface area contributed by atoms with Gasteiger partial charge in [0.15, 0.2) is 0 Å². The average Bonchev–Trinajstić information content (AvgIpc) is 3.22. The van der Waals surface area contributed by atoms with E-state index in [0.717, 1.165) is 24.5 Å². The summed E-state index contributed by atoms with van der Waals surface area (Å²) in [6, 6.07) is 10.1. The number of nitrogens with zero attached hydrogens (tertiary/aromatic N) is 6. The lowest BCUT2D eigenvalue weighted by Crippen LogP contribution is -2.36. The van der Waals surface area contributed by atoms with Gasteiger partial charge in [0.05, 0.1) is 19.4 Å². The summed E-state index contributed by atoms with van der Waals surface area (Å²) >= 11 is 0. The van der Waals surface area contributed by atoms with Crippen molar-refractivity contribution in [3.05, 3.63) is 47.9 Å². The number of anilines is 4. The zero-order chi connectivity index (χ0) is 19.2. The quantitative estimate of drug-likeness (QED) is 0.490. The van der Waals surface area contributed by atoms with E-state index in [0.29, 0.717) is 25.0 Å². The number of hydrazone groups is 1. The Morgan fingerprint density at radius 1 is 1.18 bits per heavy atom. The molecule has 1 saturated heterocycles. The lowest BCUT2D eigenvalue weighted by molar-refractivity contribution is 0.122. The fraction of sp³-hybridized carbons (Fsp3) is 0.278. The number of aryl methyl sites for hydroxylation is 1. The minimum Gasteiger partial charge on any atom is -0.411 e. The summed E-state index contributed by atoms with van der Waals surface area (Å²) in [5.41, 5.74) is 5.05. The molecule has 2 aromatic heterocycles. The fourth-order valence-corrected chi connectivity index (χ4v) is 2.75. The van der Waals surface area contributed by atoms with Crippen molar-refractivity contribution >= 4 is 29.8 Å². The molecule has 0 aliphatic carbocycles. The van der Waals surface area contributed by atoms with Crippen LogP contribution in [0.2, 0.25) is 0 Å². The Labute approximate surface area is 161 Å². The maximum absolute atomic E-state index is 5.42. The van der Waals surface area contributed by atoms with E-state index in [2.05, 4.69) is 40.9 Å². The van der Waals surface area contributed by atoms with Gasteiger partial charge in [0, 0.05) is 19.2 Å². The second-order valence-electron chi connectivity index (χ2n) is 6.19. The van der Waals surface area contributed by atoms with Crippen LogP contribution in [-0.4, -0.2) is 52.7 Å². The van der Waals surface area contributed by atoms with Crippen LogP contribution in [0.25, 0.3) is 0 Å². The highest BCUT2D eigenvalue weighted by atomic mass is 16.5. The van der Waals surface area contributed by atoms with Crippen LogP contribution in [-0.2, 0) is 4.74 Å². The molecule has 0 unspecified atom stereocenters. The van der Waals surface area contributed by atoms with Crippen molar-refractivity contribution in [2.75, 3.05) is 41.9 Å². The summed E-state index contributed by atoms with van der Waals surface area (Å²) < 4.78 is 10.6. The Balaban J connectivity index is 1.55. The summed E-state index contributed by atoms with van der Waals surface area (Å²) in [6.45, 7) is 4.86. The van der Waals surface area contributed by atoms with Crippen LogP contribution in [0.4, 0.5) is 23.6 Å². The van der Waals surface area contributed by atoms with E-state index in [1.807, 2.05) is 37.3 Å². The molecule has 0 amide bonds. The van der Waals surface area contributed by atoms with Crippen LogP contribution < -0.4 is 15.6 Å². The first kappa shape index (κ1) is 17.9. The summed E-state index contributed by atoms with van der Waals surface area (Å²) in [5.74, 6) is 1.64. The topological polar surface area (TPSA) is 114 Å². The molecule has 1 aliphatic heterocycles. The van der Waals surface area contributed by atoms with Gasteiger partial charge in [-0.3, -0.25) is 5.32 Å². The van der Waals surface area contributed by atoms with E-state index in [4.69, 9.17) is 9.15 Å². The first-order valence-electron chi connectivity index (χ1n) is 8.87. The van der Waals surface area contributed by atoms with Crippen LogP contribution in [0, 0.1) is 6.92 Å². The molecule has 0 radical (unpaired) electrons. The van der Waals surface area contributed by atoms with Gasteiger partial charge < -0.3 is 14.1 Å². The molecule has 0 bridgehead atoms. The predicted octanol–water partition coefficient (Wildman–Crippen LogP) is 2.19. The summed E-state index contributed by atoms with van der Waals surface area (Å²) in [6.07, 6.45) is 2.97. The third kappa shape index (κ3) is 4.60. The minimum atomic E-state index is 0.251. The van der Waals surface area contributed by atoms with Gasteiger partial charge >= 0.3 is 6.01 Å². The molecule has 3 heterocycles. The molecule has 0 saturated carbocycles. The van der Waals surface area contributed by atoms with Crippen molar-refractivity contribution < 1.29 is 9.15 Å². The molecule has 0 spiro atoms. The maximum atomic E-state index is 5.42. The van der Waals surface area contributed by atoms with E-state index in [-0.39, 0.29) is 6.01 Å². The van der Waals surface area contributed by atoms with Gasteiger partial charge in [-0.1, -0.05) is 34.9 Å². The summed E-state index contributed by atoms with van der Waals surface area (Å²) in [7, 11) is 0. The molecule has 10 heteroatoms. The van der Waals surface area contributed by atoms with Crippen molar-refractivity contribution in [2.24, 2.45) is 5.10 Å². The zero-order valence-corrected chi connectivity index (χ0v) is 15.4. The van der Waals surface area contributed by atoms with Crippen LogP contribution >= 0.6 is 0 Å². The molecular weight excluding hydrogens is 360 g/mol. The van der Waals surface area contributed by atoms with Crippen molar-refractivity contribution in [1.82, 2.24) is 20.2 Å². The highest BCUT2D eigenvalue weighted by Crippen LogP contribution is 2.21. The second-order valence-corrected chi connectivity index (χ2v) is 6.19. The molecule has 4 rings (SSSR count). The SMILES string of the molecule is Cc1cccc(/C=N/Nc2nc(Nc3nnco3)cc(N3CCOCC3)n2)c1. The predicted molar refractivity (Wildman–Crippen MR) is 105 cm³/mol. The number of hydrogen-bond donors (Lipinski definition) is 2. The normalized spacial score (nSPS) is 14.4. The van der Waals surface area contributed by atoms with Gasteiger partial charge in [0.1, 0.15) is 11.6 Å². The fourth-order valence-electron chi connectivity index (χ4n) is 2.75. The number of hydrogen-bond acceptors (Lipinski definition) is 10. The van der Waals surface area contributed by atoms with Crippen LogP contribution in [0.15, 0.2) is 46.2 Å². The number of aromatic nitrogens is 4. The molecule has 1 aromatic carbocycles. The lowest BCUT2D eigenvalue weighted by Gasteiger charge is -2.28. The number of nitrogens with one attached hydrogen (secondary N) is 2. The van der Waals surface area contributed by atoms with Gasteiger partial charge in [0.25, 0.3) is 0 Å². The number of ether oxygens (including phenoxy) is 1. The first-order chi connectivity index (χ1) is 13.8. The Kier molecular flexibility index (Phi) is 5.38. The van der Waals surface area contributed by atoms with Gasteiger partial charge in [-0.2, -0.15) is 15.1 Å². The number of benzene rings is 1. The van der Waals surface area contributed by atoms with Crippen molar-refractivity contribution in [3.63, 3.8) is 0 Å². The molecule has 1 fully saturated rings. The van der Waals surface area contributed by atoms with E-state index >= 15 is 0 Å². The molecular formula is C18H20N8O2. The largest absolute Gasteiger partial charge is 0.411 e. The van der Waals surface area contributed by atoms with Crippen LogP contribution in [0.3, 0.4) is 0 Å². The number of morpholine rings is 1. The smallest absolute Gasteiger partial charge is 0.321 e. The van der Waals surface area contributed by atoms with Crippen molar-refractivity contribution in [3.8, 4) is 0 Å². The monoisotopic (exact) mass is 380 g/mol. The van der Waals surface area contributed by atoms with E-state index in [1.165, 1.54) is 12.0 Å². The van der Waals surface area contributed by atoms with Gasteiger partial charge in [0.2, 0.25) is 12.3 Å². The Morgan fingerprint density at radius 3 is 2.86 bits per heavy atom. The maximum Gasteiger partial charge on any atom is 0.321 e. The Bertz CT molecular complexity index is 939. The third-order valence-electron chi connectivity index (χ3n) is 4.06. The van der Waals surface area contributed by atoms with Crippen molar-refractivity contribution in [1.29, 1.82) is 0 Å². The molecule has 0 atom stereocenters. The molecule has 10 nitrogen and oxygen atoms in total.